The van der Waals surface area contributed by atoms with Crippen molar-refractivity contribution in [3.8, 4) is 0 Å². The molecule has 0 bridgehead atoms. The molecule has 0 aliphatic heterocycles. The van der Waals surface area contributed by atoms with E-state index in [1.807, 2.05) is 21.6 Å². The van der Waals surface area contributed by atoms with Crippen molar-refractivity contribution >= 4 is 28.1 Å². The molecule has 58 valence electrons. The van der Waals surface area contributed by atoms with Crippen LogP contribution >= 0.6 is 21.6 Å². The Bertz CT molecular complexity index is 50.9. The third-order valence-corrected chi connectivity index (χ3v) is 2.87. The number of carboxylic acid groups (broad SMARTS) is 1. The number of hydrogen-bond acceptors (Lipinski definition) is 3. The van der Waals surface area contributed by atoms with Gasteiger partial charge >= 0.3 is 0 Å². The fourth-order valence-corrected chi connectivity index (χ4v) is 1.50. The number of rotatable bonds is 3. The van der Waals surface area contributed by atoms with Gasteiger partial charge in [-0.05, 0) is 0 Å². The second-order valence-electron chi connectivity index (χ2n) is 0.918. The quantitative estimate of drug-likeness (QED) is 0.351. The molecule has 0 radical (unpaired) electrons. The molecule has 0 atom stereocenters. The van der Waals surface area contributed by atoms with Crippen molar-refractivity contribution in [2.75, 3.05) is 11.5 Å². The molecule has 5 heteroatoms. The predicted molar refractivity (Wildman–Crippen MR) is 45.0 cm³/mol. The molecule has 0 amide bonds. The Balaban J connectivity index is -0.000000107. The van der Waals surface area contributed by atoms with Gasteiger partial charge in [0.05, 0.1) is 0 Å². The Morgan fingerprint density at radius 2 is 1.50 bits per heavy atom. The number of carbonyl (C=O) groups is 1. The molecule has 0 aromatic rings. The van der Waals surface area contributed by atoms with Gasteiger partial charge in [-0.2, -0.15) is 0 Å². The van der Waals surface area contributed by atoms with E-state index in [0.717, 1.165) is 0 Å². The zero-order valence-corrected chi connectivity index (χ0v) is 11.0. The van der Waals surface area contributed by atoms with Gasteiger partial charge in [0.15, 0.2) is 0 Å². The SMILES string of the molecule is CCSSCC.O=CO.[Zn]. The topological polar surface area (TPSA) is 37.3 Å². The van der Waals surface area contributed by atoms with E-state index in [4.69, 9.17) is 9.90 Å². The molecule has 0 aliphatic carbocycles. The third-order valence-electron chi connectivity index (χ3n) is 0.319. The van der Waals surface area contributed by atoms with E-state index in [1.54, 1.807) is 0 Å². The van der Waals surface area contributed by atoms with Crippen molar-refractivity contribution < 1.29 is 29.4 Å². The molecule has 0 unspecified atom stereocenters. The van der Waals surface area contributed by atoms with Crippen molar-refractivity contribution in [1.82, 2.24) is 0 Å². The molecule has 0 aromatic heterocycles. The molecule has 0 rings (SSSR count). The van der Waals surface area contributed by atoms with E-state index in [0.29, 0.717) is 0 Å². The van der Waals surface area contributed by atoms with Crippen molar-refractivity contribution in [2.45, 2.75) is 13.8 Å². The summed E-state index contributed by atoms with van der Waals surface area (Å²) >= 11 is 0. The normalized spacial score (nSPS) is 6.60. The molecule has 0 fully saturated rings. The van der Waals surface area contributed by atoms with Gasteiger partial charge in [0.1, 0.15) is 0 Å². The minimum atomic E-state index is -0.250. The van der Waals surface area contributed by atoms with Crippen LogP contribution in [0.25, 0.3) is 0 Å². The molecular formula is C5H12O2S2Zn. The zero-order chi connectivity index (χ0) is 7.54. The fraction of sp³-hybridized carbons (Fsp3) is 0.800. The minimum Gasteiger partial charge on any atom is -0.483 e. The van der Waals surface area contributed by atoms with Crippen molar-refractivity contribution in [3.63, 3.8) is 0 Å². The molecule has 0 spiro atoms. The second-order valence-corrected chi connectivity index (χ2v) is 3.96. The maximum absolute atomic E-state index is 8.36. The minimum absolute atomic E-state index is 0. The predicted octanol–water partition coefficient (Wildman–Crippen LogP) is 2.11. The standard InChI is InChI=1S/C4H10S2.CH2O2.Zn/c1-3-5-6-4-2;2-1-3;/h3-4H2,1-2H3;1H,(H,2,3);. The maximum atomic E-state index is 8.36. The number of hydrogen-bond donors (Lipinski definition) is 1. The van der Waals surface area contributed by atoms with Crippen LogP contribution < -0.4 is 0 Å². The summed E-state index contributed by atoms with van der Waals surface area (Å²) in [6.45, 7) is 4.10. The van der Waals surface area contributed by atoms with Crippen LogP contribution in [0.4, 0.5) is 0 Å². The van der Waals surface area contributed by atoms with Crippen molar-refractivity contribution in [1.29, 1.82) is 0 Å². The summed E-state index contributed by atoms with van der Waals surface area (Å²) in [6.07, 6.45) is 0. The van der Waals surface area contributed by atoms with E-state index in [1.165, 1.54) is 11.5 Å². The molecule has 2 nitrogen and oxygen atoms in total. The smallest absolute Gasteiger partial charge is 0.290 e. The van der Waals surface area contributed by atoms with Gasteiger partial charge < -0.3 is 5.11 Å². The average molecular weight is 234 g/mol. The molecule has 0 aromatic carbocycles. The van der Waals surface area contributed by atoms with Crippen LogP contribution in [-0.4, -0.2) is 23.1 Å². The Labute approximate surface area is 82.7 Å². The molecule has 0 heterocycles. The summed E-state index contributed by atoms with van der Waals surface area (Å²) in [5.74, 6) is 2.47. The van der Waals surface area contributed by atoms with E-state index < -0.39 is 0 Å². The first-order valence-corrected chi connectivity index (χ1v) is 5.14. The summed E-state index contributed by atoms with van der Waals surface area (Å²) in [5.41, 5.74) is 0. The Morgan fingerprint density at radius 3 is 1.60 bits per heavy atom. The first-order chi connectivity index (χ1) is 4.33. The summed E-state index contributed by atoms with van der Waals surface area (Å²) in [7, 11) is 3.85. The molecule has 0 aliphatic rings. The molecule has 0 saturated heterocycles. The summed E-state index contributed by atoms with van der Waals surface area (Å²) in [4.78, 5) is 8.36. The Morgan fingerprint density at radius 1 is 1.30 bits per heavy atom. The van der Waals surface area contributed by atoms with Crippen LogP contribution in [0, 0.1) is 0 Å². The van der Waals surface area contributed by atoms with E-state index in [9.17, 15) is 0 Å². The van der Waals surface area contributed by atoms with Crippen LogP contribution in [-0.2, 0) is 24.3 Å². The van der Waals surface area contributed by atoms with Crippen molar-refractivity contribution in [2.24, 2.45) is 0 Å². The van der Waals surface area contributed by atoms with Gasteiger partial charge in [0, 0.05) is 31.0 Å². The third kappa shape index (κ3) is 37.1. The van der Waals surface area contributed by atoms with Crippen LogP contribution in [0.5, 0.6) is 0 Å². The maximum Gasteiger partial charge on any atom is 0.290 e. The van der Waals surface area contributed by atoms with Crippen LogP contribution in [0.3, 0.4) is 0 Å². The summed E-state index contributed by atoms with van der Waals surface area (Å²) in [5, 5.41) is 6.89. The van der Waals surface area contributed by atoms with E-state index >= 15 is 0 Å². The van der Waals surface area contributed by atoms with Gasteiger partial charge in [-0.1, -0.05) is 35.4 Å². The first kappa shape index (κ1) is 17.0. The van der Waals surface area contributed by atoms with Crippen molar-refractivity contribution in [3.05, 3.63) is 0 Å². The average Bonchev–Trinajstić information content (AvgIpc) is 1.86. The summed E-state index contributed by atoms with van der Waals surface area (Å²) < 4.78 is 0. The van der Waals surface area contributed by atoms with Crippen LogP contribution in [0.1, 0.15) is 13.8 Å². The largest absolute Gasteiger partial charge is 0.483 e. The Hall–Kier alpha value is 0.793. The van der Waals surface area contributed by atoms with Gasteiger partial charge in [0.2, 0.25) is 0 Å². The summed E-state index contributed by atoms with van der Waals surface area (Å²) in [6, 6.07) is 0. The van der Waals surface area contributed by atoms with E-state index in [-0.39, 0.29) is 26.0 Å². The van der Waals surface area contributed by atoms with Gasteiger partial charge in [-0.3, -0.25) is 4.79 Å². The molecule has 1 N–H and O–H groups in total. The second kappa shape index (κ2) is 22.6. The zero-order valence-electron chi connectivity index (χ0n) is 6.37. The van der Waals surface area contributed by atoms with E-state index in [2.05, 4.69) is 13.8 Å². The van der Waals surface area contributed by atoms with Gasteiger partial charge in [-0.25, -0.2) is 0 Å². The Kier molecular flexibility index (Phi) is 38.5. The first-order valence-electron chi connectivity index (χ1n) is 2.65. The molecular weight excluding hydrogens is 222 g/mol. The molecule has 10 heavy (non-hydrogen) atoms. The van der Waals surface area contributed by atoms with Crippen LogP contribution in [0.15, 0.2) is 0 Å². The fourth-order valence-electron chi connectivity index (χ4n) is 0.167. The molecule has 0 saturated carbocycles. The van der Waals surface area contributed by atoms with Gasteiger partial charge in [-0.15, -0.1) is 0 Å². The van der Waals surface area contributed by atoms with Crippen LogP contribution in [0.2, 0.25) is 0 Å². The monoisotopic (exact) mass is 232 g/mol. The van der Waals surface area contributed by atoms with Gasteiger partial charge in [0.25, 0.3) is 6.47 Å².